The Hall–Kier alpha value is -3.12. The second-order valence-corrected chi connectivity index (χ2v) is 9.66. The van der Waals surface area contributed by atoms with Crippen LogP contribution in [0, 0.1) is 13.8 Å². The second-order valence-electron chi connectivity index (χ2n) is 9.66. The topological polar surface area (TPSA) is 63.0 Å². The van der Waals surface area contributed by atoms with E-state index >= 15 is 0 Å². The van der Waals surface area contributed by atoms with Gasteiger partial charge in [-0.1, -0.05) is 45.7 Å². The van der Waals surface area contributed by atoms with E-state index in [4.69, 9.17) is 9.15 Å². The van der Waals surface area contributed by atoms with Gasteiger partial charge in [-0.3, -0.25) is 9.59 Å². The van der Waals surface area contributed by atoms with Crippen LogP contribution in [0.3, 0.4) is 0 Å². The van der Waals surface area contributed by atoms with Crippen molar-refractivity contribution in [3.63, 3.8) is 0 Å². The molecule has 2 aromatic carbocycles. The quantitative estimate of drug-likeness (QED) is 0.315. The Morgan fingerprint density at radius 1 is 1.00 bits per heavy atom. The summed E-state index contributed by atoms with van der Waals surface area (Å²) in [5.41, 5.74) is 3.68. The predicted octanol–water partition coefficient (Wildman–Crippen LogP) is 5.87. The van der Waals surface area contributed by atoms with Crippen molar-refractivity contribution in [2.24, 2.45) is 0 Å². The molecule has 36 heavy (non-hydrogen) atoms. The van der Waals surface area contributed by atoms with Crippen LogP contribution in [-0.2, 0) is 0 Å². The first-order valence-electron chi connectivity index (χ1n) is 13.2. The SMILES string of the molecule is CCCCCOc1cccc(C2c3c(oc4cc(C)c(C)cc4c3=O)C(=O)N2CCN(CC)CC)c1. The molecular weight excluding hydrogens is 452 g/mol. The first kappa shape index (κ1) is 26.0. The van der Waals surface area contributed by atoms with Crippen LogP contribution in [0.1, 0.15) is 78.9 Å². The van der Waals surface area contributed by atoms with Gasteiger partial charge in [-0.2, -0.15) is 0 Å². The van der Waals surface area contributed by atoms with Crippen molar-refractivity contribution in [2.45, 2.75) is 59.9 Å². The van der Waals surface area contributed by atoms with Crippen LogP contribution in [-0.4, -0.2) is 48.5 Å². The summed E-state index contributed by atoms with van der Waals surface area (Å²) in [5.74, 6) is 0.688. The van der Waals surface area contributed by atoms with E-state index in [1.165, 1.54) is 0 Å². The van der Waals surface area contributed by atoms with E-state index in [0.29, 0.717) is 29.7 Å². The van der Waals surface area contributed by atoms with Crippen molar-refractivity contribution in [3.05, 3.63) is 74.6 Å². The maximum absolute atomic E-state index is 13.9. The van der Waals surface area contributed by atoms with Crippen LogP contribution in [0.5, 0.6) is 5.75 Å². The lowest BCUT2D eigenvalue weighted by Crippen LogP contribution is -2.37. The summed E-state index contributed by atoms with van der Waals surface area (Å²) >= 11 is 0. The van der Waals surface area contributed by atoms with Gasteiger partial charge in [0.2, 0.25) is 5.76 Å². The van der Waals surface area contributed by atoms with Crippen LogP contribution in [0.4, 0.5) is 0 Å². The Balaban J connectivity index is 1.80. The number of fused-ring (bicyclic) bond motifs is 2. The fraction of sp³-hybridized carbons (Fsp3) is 0.467. The van der Waals surface area contributed by atoms with Crippen LogP contribution >= 0.6 is 0 Å². The van der Waals surface area contributed by atoms with Gasteiger partial charge in [0.1, 0.15) is 11.3 Å². The Labute approximate surface area is 213 Å². The summed E-state index contributed by atoms with van der Waals surface area (Å²) in [6.07, 6.45) is 3.25. The van der Waals surface area contributed by atoms with E-state index in [1.807, 2.05) is 50.2 Å². The monoisotopic (exact) mass is 490 g/mol. The standard InChI is InChI=1S/C30H38N2O4/c1-6-9-10-16-35-23-13-11-12-22(19-23)27-26-28(33)24-17-20(4)21(5)18-25(24)36-29(26)30(34)32(27)15-14-31(7-2)8-3/h11-13,17-19,27H,6-10,14-16H2,1-5H3. The van der Waals surface area contributed by atoms with E-state index in [2.05, 4.69) is 25.7 Å². The molecule has 0 saturated carbocycles. The van der Waals surface area contributed by atoms with Crippen molar-refractivity contribution >= 4 is 16.9 Å². The number of likely N-dealkylation sites (N-methyl/N-ethyl adjacent to an activating group) is 1. The van der Waals surface area contributed by atoms with Gasteiger partial charge < -0.3 is 19.0 Å². The van der Waals surface area contributed by atoms with E-state index in [9.17, 15) is 9.59 Å². The molecule has 0 aliphatic carbocycles. The molecule has 0 bridgehead atoms. The zero-order valence-electron chi connectivity index (χ0n) is 22.2. The molecule has 0 radical (unpaired) electrons. The van der Waals surface area contributed by atoms with Crippen LogP contribution in [0.25, 0.3) is 11.0 Å². The minimum absolute atomic E-state index is 0.132. The summed E-state index contributed by atoms with van der Waals surface area (Å²) in [4.78, 5) is 31.6. The molecule has 6 nitrogen and oxygen atoms in total. The van der Waals surface area contributed by atoms with Gasteiger partial charge in [0.15, 0.2) is 5.43 Å². The van der Waals surface area contributed by atoms with Crippen molar-refractivity contribution in [1.82, 2.24) is 9.80 Å². The Morgan fingerprint density at radius 3 is 2.47 bits per heavy atom. The Morgan fingerprint density at radius 2 is 1.75 bits per heavy atom. The molecule has 1 amide bonds. The number of amides is 1. The average Bonchev–Trinajstić information content (AvgIpc) is 3.16. The van der Waals surface area contributed by atoms with Crippen LogP contribution in [0.2, 0.25) is 0 Å². The summed E-state index contributed by atoms with van der Waals surface area (Å²) < 4.78 is 12.2. The molecule has 2 heterocycles. The minimum Gasteiger partial charge on any atom is -0.494 e. The highest BCUT2D eigenvalue weighted by Crippen LogP contribution is 2.39. The number of nitrogens with zero attached hydrogens (tertiary/aromatic N) is 2. The molecule has 1 aliphatic heterocycles. The molecule has 6 heteroatoms. The third kappa shape index (κ3) is 5.05. The normalized spacial score (nSPS) is 15.2. The maximum Gasteiger partial charge on any atom is 0.290 e. The van der Waals surface area contributed by atoms with Gasteiger partial charge in [-0.05, 0) is 74.3 Å². The molecule has 1 aromatic heterocycles. The number of unbranched alkanes of at least 4 members (excludes halogenated alkanes) is 2. The van der Waals surface area contributed by atoms with Gasteiger partial charge in [0.25, 0.3) is 5.91 Å². The van der Waals surface area contributed by atoms with Gasteiger partial charge >= 0.3 is 0 Å². The van der Waals surface area contributed by atoms with Crippen molar-refractivity contribution in [1.29, 1.82) is 0 Å². The number of rotatable bonds is 11. The van der Waals surface area contributed by atoms with E-state index in [0.717, 1.165) is 61.3 Å². The van der Waals surface area contributed by atoms with Crippen LogP contribution in [0.15, 0.2) is 45.6 Å². The molecular formula is C30H38N2O4. The number of hydrogen-bond donors (Lipinski definition) is 0. The lowest BCUT2D eigenvalue weighted by atomic mass is 9.97. The van der Waals surface area contributed by atoms with Crippen molar-refractivity contribution < 1.29 is 13.9 Å². The fourth-order valence-electron chi connectivity index (χ4n) is 4.96. The molecule has 1 atom stereocenters. The third-order valence-electron chi connectivity index (χ3n) is 7.32. The smallest absolute Gasteiger partial charge is 0.290 e. The molecule has 0 saturated heterocycles. The molecule has 1 unspecified atom stereocenters. The number of carbonyl (C=O) groups is 1. The number of ether oxygens (including phenoxy) is 1. The second kappa shape index (κ2) is 11.3. The zero-order valence-corrected chi connectivity index (χ0v) is 22.2. The largest absolute Gasteiger partial charge is 0.494 e. The summed E-state index contributed by atoms with van der Waals surface area (Å²) in [5, 5.41) is 0.521. The zero-order chi connectivity index (χ0) is 25.8. The summed E-state index contributed by atoms with van der Waals surface area (Å²) in [7, 11) is 0. The molecule has 1 aliphatic rings. The maximum atomic E-state index is 13.9. The highest BCUT2D eigenvalue weighted by molar-refractivity contribution is 5.99. The van der Waals surface area contributed by atoms with Crippen molar-refractivity contribution in [2.75, 3.05) is 32.8 Å². The van der Waals surface area contributed by atoms with E-state index in [1.54, 1.807) is 4.90 Å². The molecule has 0 N–H and O–H groups in total. The van der Waals surface area contributed by atoms with Gasteiger partial charge in [0.05, 0.1) is 23.6 Å². The van der Waals surface area contributed by atoms with Gasteiger partial charge in [-0.15, -0.1) is 0 Å². The average molecular weight is 491 g/mol. The third-order valence-corrected chi connectivity index (χ3v) is 7.32. The lowest BCUT2D eigenvalue weighted by molar-refractivity contribution is 0.0708. The van der Waals surface area contributed by atoms with Crippen LogP contribution < -0.4 is 10.2 Å². The van der Waals surface area contributed by atoms with E-state index in [-0.39, 0.29) is 17.1 Å². The Kier molecular flexibility index (Phi) is 8.14. The number of hydrogen-bond acceptors (Lipinski definition) is 5. The highest BCUT2D eigenvalue weighted by Gasteiger charge is 2.42. The van der Waals surface area contributed by atoms with Gasteiger partial charge in [0, 0.05) is 13.1 Å². The molecule has 4 rings (SSSR count). The Bertz CT molecular complexity index is 1290. The highest BCUT2D eigenvalue weighted by atomic mass is 16.5. The fourth-order valence-corrected chi connectivity index (χ4v) is 4.96. The number of carbonyl (C=O) groups excluding carboxylic acids is 1. The molecule has 0 fully saturated rings. The first-order chi connectivity index (χ1) is 17.4. The van der Waals surface area contributed by atoms with E-state index < -0.39 is 6.04 Å². The molecule has 3 aromatic rings. The summed E-state index contributed by atoms with van der Waals surface area (Å²) in [6, 6.07) is 11.0. The minimum atomic E-state index is -0.510. The van der Waals surface area contributed by atoms with Crippen molar-refractivity contribution in [3.8, 4) is 5.75 Å². The predicted molar refractivity (Wildman–Crippen MR) is 144 cm³/mol. The molecule has 192 valence electrons. The molecule has 0 spiro atoms. The first-order valence-corrected chi connectivity index (χ1v) is 13.2. The summed E-state index contributed by atoms with van der Waals surface area (Å²) in [6.45, 7) is 14.0. The number of aryl methyl sites for hydroxylation is 2. The lowest BCUT2D eigenvalue weighted by Gasteiger charge is -2.28. The number of benzene rings is 2. The van der Waals surface area contributed by atoms with Gasteiger partial charge in [-0.25, -0.2) is 0 Å².